The summed E-state index contributed by atoms with van der Waals surface area (Å²) in [5.41, 5.74) is 11.2. The molecule has 7 aromatic rings. The van der Waals surface area contributed by atoms with E-state index in [1.165, 1.54) is 23.1 Å². The summed E-state index contributed by atoms with van der Waals surface area (Å²) in [6, 6.07) is 39.4. The predicted molar refractivity (Wildman–Crippen MR) is 222 cm³/mol. The molecule has 4 aromatic carbocycles. The molecule has 0 radical (unpaired) electrons. The SMILES string of the molecule is CC1=CCC[C@H](C)C1c1c(C)nn(-c2[c-]c(Oc3[c-]c4c(cc3)c3ccccc3n4-c3cc(CC(C)C)ccn3)cc(C(C)(C)C)c2)c1-c1ccccc1.[Pt+2]. The number of pyridine rings is 1. The smallest absolute Gasteiger partial charge is 0.509 e. The minimum Gasteiger partial charge on any atom is -0.509 e. The van der Waals surface area contributed by atoms with E-state index in [0.717, 1.165) is 68.7 Å². The van der Waals surface area contributed by atoms with Crippen LogP contribution in [0.4, 0.5) is 0 Å². The second-order valence-corrected chi connectivity index (χ2v) is 16.6. The van der Waals surface area contributed by atoms with Gasteiger partial charge in [0, 0.05) is 40.3 Å². The third kappa shape index (κ3) is 7.49. The number of para-hydroxylation sites is 1. The molecule has 1 unspecified atom stereocenters. The summed E-state index contributed by atoms with van der Waals surface area (Å²) in [5.74, 6) is 3.50. The molecule has 282 valence electrons. The van der Waals surface area contributed by atoms with Crippen LogP contribution >= 0.6 is 0 Å². The Hall–Kier alpha value is -4.73. The maximum Gasteiger partial charge on any atom is 2.00 e. The minimum absolute atomic E-state index is 0. The van der Waals surface area contributed by atoms with E-state index in [1.54, 1.807) is 0 Å². The van der Waals surface area contributed by atoms with Crippen molar-refractivity contribution in [2.45, 2.75) is 86.0 Å². The van der Waals surface area contributed by atoms with Crippen molar-refractivity contribution in [3.8, 4) is 34.3 Å². The molecule has 55 heavy (non-hydrogen) atoms. The summed E-state index contributed by atoms with van der Waals surface area (Å²) in [5, 5.41) is 7.56. The second-order valence-electron chi connectivity index (χ2n) is 16.6. The Balaban J connectivity index is 0.00000465. The maximum absolute atomic E-state index is 6.79. The van der Waals surface area contributed by atoms with Gasteiger partial charge in [-0.2, -0.15) is 11.2 Å². The zero-order valence-electron chi connectivity index (χ0n) is 33.2. The number of benzene rings is 4. The molecular formula is C49H50N4OPt. The molecule has 0 aliphatic heterocycles. The Labute approximate surface area is 340 Å². The molecule has 3 aromatic heterocycles. The fourth-order valence-electron chi connectivity index (χ4n) is 8.39. The third-order valence-corrected chi connectivity index (χ3v) is 11.0. The summed E-state index contributed by atoms with van der Waals surface area (Å²) in [6.45, 7) is 18.0. The van der Waals surface area contributed by atoms with Crippen LogP contribution in [-0.2, 0) is 32.9 Å². The van der Waals surface area contributed by atoms with Gasteiger partial charge in [0.1, 0.15) is 5.82 Å². The molecule has 0 amide bonds. The third-order valence-electron chi connectivity index (χ3n) is 11.0. The predicted octanol–water partition coefficient (Wildman–Crippen LogP) is 12.7. The molecule has 0 saturated carbocycles. The number of aromatic nitrogens is 4. The molecule has 2 atom stereocenters. The van der Waals surface area contributed by atoms with Gasteiger partial charge >= 0.3 is 21.1 Å². The van der Waals surface area contributed by atoms with E-state index >= 15 is 0 Å². The van der Waals surface area contributed by atoms with E-state index in [-0.39, 0.29) is 26.5 Å². The molecule has 6 heteroatoms. The van der Waals surface area contributed by atoms with Gasteiger partial charge in [-0.3, -0.25) is 4.68 Å². The fraction of sp³-hybridized carbons (Fsp3) is 0.306. The van der Waals surface area contributed by atoms with Crippen LogP contribution < -0.4 is 4.74 Å². The normalized spacial score (nSPS) is 16.1. The molecule has 0 fully saturated rings. The molecule has 0 spiro atoms. The van der Waals surface area contributed by atoms with Crippen LogP contribution in [0.1, 0.15) is 89.6 Å². The molecule has 3 heterocycles. The van der Waals surface area contributed by atoms with Gasteiger partial charge in [0.05, 0.1) is 11.4 Å². The topological polar surface area (TPSA) is 44.9 Å². The Bertz CT molecular complexity index is 2520. The van der Waals surface area contributed by atoms with Crippen LogP contribution in [0.5, 0.6) is 11.5 Å². The van der Waals surface area contributed by atoms with E-state index < -0.39 is 0 Å². The van der Waals surface area contributed by atoms with Crippen molar-refractivity contribution in [1.29, 1.82) is 0 Å². The van der Waals surface area contributed by atoms with Crippen molar-refractivity contribution < 1.29 is 25.8 Å². The first kappa shape index (κ1) is 38.5. The number of ether oxygens (including phenoxy) is 1. The minimum atomic E-state index is -0.149. The van der Waals surface area contributed by atoms with Gasteiger partial charge in [-0.05, 0) is 85.2 Å². The molecule has 5 nitrogen and oxygen atoms in total. The summed E-state index contributed by atoms with van der Waals surface area (Å²) < 4.78 is 11.1. The van der Waals surface area contributed by atoms with Crippen molar-refractivity contribution in [3.63, 3.8) is 0 Å². The maximum atomic E-state index is 6.79. The summed E-state index contributed by atoms with van der Waals surface area (Å²) in [6.07, 6.45) is 7.63. The van der Waals surface area contributed by atoms with Crippen molar-refractivity contribution >= 4 is 21.8 Å². The number of hydrogen-bond acceptors (Lipinski definition) is 3. The van der Waals surface area contributed by atoms with Crippen molar-refractivity contribution in [2.24, 2.45) is 11.8 Å². The molecule has 0 N–H and O–H groups in total. The Morgan fingerprint density at radius 2 is 1.64 bits per heavy atom. The first-order chi connectivity index (χ1) is 26.0. The zero-order valence-corrected chi connectivity index (χ0v) is 35.5. The van der Waals surface area contributed by atoms with Gasteiger partial charge in [-0.15, -0.1) is 41.3 Å². The standard InChI is InChI=1S/C49H50N4O.Pt/c1-31(2)25-35-23-24-50-45(26-35)52-43-20-13-12-19-41(43)42-22-21-39(30-44(42)52)54-40-28-37(49(6,7)8)27-38(29-40)53-48(36-17-10-9-11-18-36)47(34(5)51-53)46-32(3)15-14-16-33(46)4;/h9-13,15,17-24,26-28,31,33,46H,14,16,25H2,1-8H3;/q-2;+2/t33-,46?;/m0./s1. The van der Waals surface area contributed by atoms with Crippen LogP contribution in [0, 0.1) is 30.9 Å². The quantitative estimate of drug-likeness (QED) is 0.113. The largest absolute Gasteiger partial charge is 2.00 e. The van der Waals surface area contributed by atoms with Gasteiger partial charge in [-0.1, -0.05) is 107 Å². The fourth-order valence-corrected chi connectivity index (χ4v) is 8.39. The average Bonchev–Trinajstić information content (AvgIpc) is 3.65. The zero-order chi connectivity index (χ0) is 37.7. The number of fused-ring (bicyclic) bond motifs is 3. The molecule has 1 aliphatic carbocycles. The van der Waals surface area contributed by atoms with Crippen LogP contribution in [0.15, 0.2) is 109 Å². The summed E-state index contributed by atoms with van der Waals surface area (Å²) >= 11 is 0. The number of aryl methyl sites for hydroxylation is 1. The Kier molecular flexibility index (Phi) is 10.8. The Morgan fingerprint density at radius 1 is 0.873 bits per heavy atom. The average molecular weight is 906 g/mol. The van der Waals surface area contributed by atoms with Gasteiger partial charge in [0.15, 0.2) is 0 Å². The summed E-state index contributed by atoms with van der Waals surface area (Å²) in [4.78, 5) is 4.85. The second kappa shape index (κ2) is 15.4. The molecule has 0 bridgehead atoms. The molecular weight excluding hydrogens is 856 g/mol. The first-order valence-corrected chi connectivity index (χ1v) is 19.4. The molecule has 0 saturated heterocycles. The van der Waals surface area contributed by atoms with Gasteiger partial charge < -0.3 is 9.30 Å². The number of allylic oxidation sites excluding steroid dienone is 2. The van der Waals surface area contributed by atoms with Gasteiger partial charge in [-0.25, -0.2) is 4.98 Å². The van der Waals surface area contributed by atoms with Gasteiger partial charge in [0.2, 0.25) is 0 Å². The Morgan fingerprint density at radius 3 is 2.38 bits per heavy atom. The van der Waals surface area contributed by atoms with Crippen molar-refractivity contribution in [1.82, 2.24) is 19.3 Å². The van der Waals surface area contributed by atoms with Crippen molar-refractivity contribution in [3.05, 3.63) is 143 Å². The van der Waals surface area contributed by atoms with Crippen LogP contribution in [-0.4, -0.2) is 19.3 Å². The first-order valence-electron chi connectivity index (χ1n) is 19.4. The van der Waals surface area contributed by atoms with E-state index in [1.807, 2.05) is 12.3 Å². The van der Waals surface area contributed by atoms with E-state index in [0.29, 0.717) is 29.3 Å². The van der Waals surface area contributed by atoms with Crippen LogP contribution in [0.3, 0.4) is 0 Å². The van der Waals surface area contributed by atoms with Crippen LogP contribution in [0.25, 0.3) is 44.6 Å². The van der Waals surface area contributed by atoms with Crippen LogP contribution in [0.2, 0.25) is 0 Å². The van der Waals surface area contributed by atoms with E-state index in [9.17, 15) is 0 Å². The van der Waals surface area contributed by atoms with E-state index in [2.05, 4.69) is 168 Å². The van der Waals surface area contributed by atoms with E-state index in [4.69, 9.17) is 14.8 Å². The van der Waals surface area contributed by atoms with Gasteiger partial charge in [0.25, 0.3) is 0 Å². The molecule has 8 rings (SSSR count). The number of nitrogens with zero attached hydrogens (tertiary/aromatic N) is 4. The summed E-state index contributed by atoms with van der Waals surface area (Å²) in [7, 11) is 0. The molecule has 1 aliphatic rings. The number of rotatable bonds is 8. The monoisotopic (exact) mass is 905 g/mol. The van der Waals surface area contributed by atoms with Crippen molar-refractivity contribution in [2.75, 3.05) is 0 Å². The number of hydrogen-bond donors (Lipinski definition) is 0.